The van der Waals surface area contributed by atoms with Gasteiger partial charge < -0.3 is 15.2 Å². The smallest absolute Gasteiger partial charge is 0.328 e. The Bertz CT molecular complexity index is 716. The van der Waals surface area contributed by atoms with Crippen molar-refractivity contribution in [1.82, 2.24) is 15.5 Å². The number of H-pyrrole nitrogens is 1. The number of hydrogen-bond donors (Lipinski definition) is 4. The van der Waals surface area contributed by atoms with E-state index < -0.39 is 18.0 Å². The number of benzene rings is 1. The van der Waals surface area contributed by atoms with E-state index in [0.29, 0.717) is 3.95 Å². The van der Waals surface area contributed by atoms with Gasteiger partial charge in [-0.25, -0.2) is 9.59 Å². The first-order valence-electron chi connectivity index (χ1n) is 6.52. The molecule has 4 N–H and O–H groups in total. The molecule has 1 aromatic carbocycles. The summed E-state index contributed by atoms with van der Waals surface area (Å²) in [5.41, 5.74) is 0.914. The van der Waals surface area contributed by atoms with E-state index in [9.17, 15) is 9.59 Å². The van der Waals surface area contributed by atoms with Crippen LogP contribution >= 0.6 is 23.6 Å². The molecule has 0 aliphatic heterocycles. The third-order valence-electron chi connectivity index (χ3n) is 2.66. The van der Waals surface area contributed by atoms with Crippen molar-refractivity contribution in [3.8, 4) is 0 Å². The number of amides is 2. The number of carboxylic acids is 1. The number of aromatic amines is 1. The topological polar surface area (TPSA) is 116 Å². The highest BCUT2D eigenvalue weighted by atomic mass is 32.1. The third kappa shape index (κ3) is 5.77. The lowest BCUT2D eigenvalue weighted by Gasteiger charge is -2.14. The molecule has 0 saturated heterocycles. The Morgan fingerprint density at radius 1 is 1.39 bits per heavy atom. The summed E-state index contributed by atoms with van der Waals surface area (Å²) in [6.07, 6.45) is 0. The minimum absolute atomic E-state index is 0.159. The monoisotopic (exact) mass is 354 g/mol. The molecule has 0 spiro atoms. The lowest BCUT2D eigenvalue weighted by molar-refractivity contribution is -0.140. The van der Waals surface area contributed by atoms with Gasteiger partial charge in [0.05, 0.1) is 13.2 Å². The van der Waals surface area contributed by atoms with Gasteiger partial charge in [0, 0.05) is 0 Å². The van der Waals surface area contributed by atoms with Gasteiger partial charge in [-0.3, -0.25) is 10.4 Å². The van der Waals surface area contributed by atoms with Crippen LogP contribution in [0, 0.1) is 3.95 Å². The van der Waals surface area contributed by atoms with E-state index in [1.54, 1.807) is 0 Å². The van der Waals surface area contributed by atoms with Gasteiger partial charge in [0.25, 0.3) is 0 Å². The highest BCUT2D eigenvalue weighted by Crippen LogP contribution is 2.10. The van der Waals surface area contributed by atoms with Crippen LogP contribution in [0.1, 0.15) is 5.56 Å². The molecule has 122 valence electrons. The van der Waals surface area contributed by atoms with Crippen LogP contribution < -0.4 is 10.6 Å². The molecule has 0 saturated carbocycles. The van der Waals surface area contributed by atoms with Crippen LogP contribution in [-0.2, 0) is 16.1 Å². The molecule has 1 aromatic heterocycles. The van der Waals surface area contributed by atoms with Crippen LogP contribution in [0.4, 0.5) is 9.93 Å². The molecule has 8 nitrogen and oxygen atoms in total. The number of rotatable bonds is 7. The number of aliphatic carboxylic acids is 1. The minimum Gasteiger partial charge on any atom is -0.480 e. The first-order chi connectivity index (χ1) is 11.0. The summed E-state index contributed by atoms with van der Waals surface area (Å²) in [6, 6.07) is 7.45. The fourth-order valence-electron chi connectivity index (χ4n) is 1.62. The summed E-state index contributed by atoms with van der Waals surface area (Å²) >= 11 is 5.90. The molecular formula is C13H14N4O4S2. The fraction of sp³-hybridized carbons (Fsp3) is 0.231. The van der Waals surface area contributed by atoms with Crippen LogP contribution in [0.15, 0.2) is 30.3 Å². The summed E-state index contributed by atoms with van der Waals surface area (Å²) < 4.78 is 5.74. The van der Waals surface area contributed by atoms with Gasteiger partial charge in [-0.1, -0.05) is 41.7 Å². The molecule has 10 heteroatoms. The average molecular weight is 354 g/mol. The number of hydrogen-bond acceptors (Lipinski definition) is 6. The van der Waals surface area contributed by atoms with Crippen molar-refractivity contribution >= 4 is 40.7 Å². The van der Waals surface area contributed by atoms with Gasteiger partial charge in [-0.05, 0) is 17.8 Å². The lowest BCUT2D eigenvalue weighted by Crippen LogP contribution is -2.45. The molecule has 0 radical (unpaired) electrons. The highest BCUT2D eigenvalue weighted by Gasteiger charge is 2.20. The number of carbonyl (C=O) groups is 2. The maximum absolute atomic E-state index is 11.7. The van der Waals surface area contributed by atoms with Crippen LogP contribution in [0.5, 0.6) is 0 Å². The van der Waals surface area contributed by atoms with Crippen molar-refractivity contribution in [2.75, 3.05) is 11.9 Å². The average Bonchev–Trinajstić information content (AvgIpc) is 2.92. The molecule has 2 aromatic rings. The fourth-order valence-corrected chi connectivity index (χ4v) is 2.40. The first kappa shape index (κ1) is 17.1. The number of anilines is 1. The predicted molar refractivity (Wildman–Crippen MR) is 87.0 cm³/mol. The molecule has 0 bridgehead atoms. The van der Waals surface area contributed by atoms with E-state index in [4.69, 9.17) is 22.1 Å². The SMILES string of the molecule is O=C(Nc1n[nH]c(=S)s1)N[C@@H](COCc1ccccc1)C(=O)O. The van der Waals surface area contributed by atoms with Crippen molar-refractivity contribution in [1.29, 1.82) is 0 Å². The molecule has 1 heterocycles. The van der Waals surface area contributed by atoms with Crippen molar-refractivity contribution in [2.24, 2.45) is 0 Å². The van der Waals surface area contributed by atoms with Crippen molar-refractivity contribution in [2.45, 2.75) is 12.6 Å². The number of ether oxygens (including phenoxy) is 1. The van der Waals surface area contributed by atoms with Gasteiger partial charge in [-0.2, -0.15) is 0 Å². The summed E-state index contributed by atoms with van der Waals surface area (Å²) in [7, 11) is 0. The molecule has 2 rings (SSSR count). The second-order valence-corrected chi connectivity index (χ2v) is 6.07. The normalized spacial score (nSPS) is 11.7. The molecule has 2 amide bonds. The molecule has 0 aliphatic rings. The van der Waals surface area contributed by atoms with Gasteiger partial charge >= 0.3 is 12.0 Å². The summed E-state index contributed by atoms with van der Waals surface area (Å²) in [6.45, 7) is 0.0998. The van der Waals surface area contributed by atoms with Gasteiger partial charge in [-0.15, -0.1) is 5.10 Å². The second-order valence-electron chi connectivity index (χ2n) is 4.41. The number of nitrogens with one attached hydrogen (secondary N) is 3. The predicted octanol–water partition coefficient (Wildman–Crippen LogP) is 1.99. The maximum atomic E-state index is 11.7. The zero-order valence-corrected chi connectivity index (χ0v) is 13.4. The van der Waals surface area contributed by atoms with E-state index in [0.717, 1.165) is 16.9 Å². The van der Waals surface area contributed by atoms with Crippen LogP contribution in [0.3, 0.4) is 0 Å². The number of carbonyl (C=O) groups excluding carboxylic acids is 1. The lowest BCUT2D eigenvalue weighted by atomic mass is 10.2. The second kappa shape index (κ2) is 8.36. The Balaban J connectivity index is 1.82. The Morgan fingerprint density at radius 2 is 2.13 bits per heavy atom. The summed E-state index contributed by atoms with van der Waals surface area (Å²) in [4.78, 5) is 22.9. The third-order valence-corrected chi connectivity index (χ3v) is 3.66. The largest absolute Gasteiger partial charge is 0.480 e. The van der Waals surface area contributed by atoms with Crippen molar-refractivity contribution in [3.63, 3.8) is 0 Å². The van der Waals surface area contributed by atoms with E-state index in [1.807, 2.05) is 30.3 Å². The Morgan fingerprint density at radius 3 is 2.74 bits per heavy atom. The Kier molecular flexibility index (Phi) is 6.20. The summed E-state index contributed by atoms with van der Waals surface area (Å²) in [5, 5.41) is 20.3. The number of carboxylic acid groups (broad SMARTS) is 1. The number of urea groups is 1. The van der Waals surface area contributed by atoms with Crippen molar-refractivity contribution < 1.29 is 19.4 Å². The van der Waals surface area contributed by atoms with Gasteiger partial charge in [0.15, 0.2) is 10.00 Å². The first-order valence-corrected chi connectivity index (χ1v) is 7.74. The number of nitrogens with zero attached hydrogens (tertiary/aromatic N) is 1. The quantitative estimate of drug-likeness (QED) is 0.565. The Labute approximate surface area is 140 Å². The maximum Gasteiger partial charge on any atom is 0.328 e. The minimum atomic E-state index is -1.19. The van der Waals surface area contributed by atoms with Crippen LogP contribution in [-0.4, -0.2) is 40.0 Å². The zero-order chi connectivity index (χ0) is 16.7. The van der Waals surface area contributed by atoms with E-state index in [-0.39, 0.29) is 18.3 Å². The molecule has 0 unspecified atom stereocenters. The number of aromatic nitrogens is 2. The van der Waals surface area contributed by atoms with Crippen LogP contribution in [0.2, 0.25) is 0 Å². The van der Waals surface area contributed by atoms with Gasteiger partial charge in [0.1, 0.15) is 0 Å². The molecule has 1 atom stereocenters. The highest BCUT2D eigenvalue weighted by molar-refractivity contribution is 7.73. The molecule has 0 fully saturated rings. The molecule has 23 heavy (non-hydrogen) atoms. The Hall–Kier alpha value is -2.30. The van der Waals surface area contributed by atoms with E-state index in [2.05, 4.69) is 20.8 Å². The van der Waals surface area contributed by atoms with E-state index in [1.165, 1.54) is 0 Å². The van der Waals surface area contributed by atoms with Gasteiger partial charge in [0.2, 0.25) is 5.13 Å². The summed E-state index contributed by atoms with van der Waals surface area (Å²) in [5.74, 6) is -1.19. The van der Waals surface area contributed by atoms with Crippen LogP contribution in [0.25, 0.3) is 0 Å². The standard InChI is InChI=1S/C13H14N4O4S2/c18-10(19)9(7-21-6-8-4-2-1-3-5-8)14-11(20)15-12-16-17-13(22)23-12/h1-5,9H,6-7H2,(H,17,22)(H,18,19)(H2,14,15,16,20)/t9-/m0/s1. The van der Waals surface area contributed by atoms with E-state index >= 15 is 0 Å². The molecule has 0 aliphatic carbocycles. The van der Waals surface area contributed by atoms with Crippen molar-refractivity contribution in [3.05, 3.63) is 39.8 Å². The zero-order valence-electron chi connectivity index (χ0n) is 11.8. The molecular weight excluding hydrogens is 340 g/mol.